The Hall–Kier alpha value is -1.46. The van der Waals surface area contributed by atoms with Crippen molar-refractivity contribution in [3.63, 3.8) is 0 Å². The molecule has 6 heteroatoms. The number of piperazine rings is 1. The number of ether oxygens (including phenoxy) is 1. The van der Waals surface area contributed by atoms with E-state index in [2.05, 4.69) is 40.1 Å². The fourth-order valence-electron chi connectivity index (χ4n) is 2.93. The van der Waals surface area contributed by atoms with E-state index in [-0.39, 0.29) is 0 Å². The molecule has 0 amide bonds. The van der Waals surface area contributed by atoms with Gasteiger partial charge in [-0.3, -0.25) is 0 Å². The summed E-state index contributed by atoms with van der Waals surface area (Å²) in [7, 11) is 0. The number of aromatic amines is 1. The summed E-state index contributed by atoms with van der Waals surface area (Å²) >= 11 is 6.46. The molecule has 2 N–H and O–H groups in total. The van der Waals surface area contributed by atoms with Crippen LogP contribution in [0.15, 0.2) is 12.1 Å². The van der Waals surface area contributed by atoms with Gasteiger partial charge in [0.15, 0.2) is 0 Å². The van der Waals surface area contributed by atoms with Crippen molar-refractivity contribution in [2.45, 2.75) is 26.7 Å². The van der Waals surface area contributed by atoms with Crippen molar-refractivity contribution in [2.24, 2.45) is 5.92 Å². The quantitative estimate of drug-likeness (QED) is 0.848. The zero-order valence-electron chi connectivity index (χ0n) is 13.9. The van der Waals surface area contributed by atoms with Gasteiger partial charge in [-0.15, -0.1) is 0 Å². The van der Waals surface area contributed by atoms with Gasteiger partial charge in [-0.2, -0.15) is 4.98 Å². The lowest BCUT2D eigenvalue weighted by Crippen LogP contribution is -2.43. The molecule has 3 rings (SSSR count). The van der Waals surface area contributed by atoms with E-state index in [1.54, 1.807) is 0 Å². The second-order valence-electron chi connectivity index (χ2n) is 6.09. The van der Waals surface area contributed by atoms with Gasteiger partial charge < -0.3 is 19.9 Å². The number of imidazole rings is 1. The number of hydrogen-bond acceptors (Lipinski definition) is 4. The highest BCUT2D eigenvalue weighted by Crippen LogP contribution is 2.31. The minimum absolute atomic E-state index is 0.572. The monoisotopic (exact) mass is 336 g/mol. The molecule has 1 aliphatic heterocycles. The molecule has 0 spiro atoms. The van der Waals surface area contributed by atoms with Gasteiger partial charge in [-0.25, -0.2) is 0 Å². The number of nitrogens with one attached hydrogen (secondary N) is 2. The molecule has 1 aliphatic rings. The first-order valence-electron chi connectivity index (χ1n) is 8.49. The van der Waals surface area contributed by atoms with Gasteiger partial charge in [0.2, 0.25) is 0 Å². The fraction of sp³-hybridized carbons (Fsp3) is 0.588. The maximum Gasteiger partial charge on any atom is 0.294 e. The summed E-state index contributed by atoms with van der Waals surface area (Å²) in [5.74, 6) is 0.572. The van der Waals surface area contributed by atoms with Crippen LogP contribution in [0.3, 0.4) is 0 Å². The Morgan fingerprint density at radius 1 is 1.26 bits per heavy atom. The molecular formula is C17H25ClN4O. The average Bonchev–Trinajstić information content (AvgIpc) is 2.97. The smallest absolute Gasteiger partial charge is 0.294 e. The SMILES string of the molecule is CCC(CC)COc1nc2cc(Cl)c(N3CCNCC3)cc2[nH]1. The second-order valence-corrected chi connectivity index (χ2v) is 6.50. The Morgan fingerprint density at radius 2 is 2.00 bits per heavy atom. The molecule has 0 aliphatic carbocycles. The predicted octanol–water partition coefficient (Wildman–Crippen LogP) is 3.44. The molecule has 1 aromatic heterocycles. The van der Waals surface area contributed by atoms with Crippen LogP contribution in [0.5, 0.6) is 6.01 Å². The molecule has 2 heterocycles. The Balaban J connectivity index is 1.79. The first-order chi connectivity index (χ1) is 11.2. The summed E-state index contributed by atoms with van der Waals surface area (Å²) in [5, 5.41) is 4.11. The molecule has 0 radical (unpaired) electrons. The van der Waals surface area contributed by atoms with Gasteiger partial charge in [0.1, 0.15) is 0 Å². The van der Waals surface area contributed by atoms with E-state index in [0.29, 0.717) is 18.5 Å². The highest BCUT2D eigenvalue weighted by atomic mass is 35.5. The number of aromatic nitrogens is 2. The predicted molar refractivity (Wildman–Crippen MR) is 95.8 cm³/mol. The maximum absolute atomic E-state index is 6.46. The van der Waals surface area contributed by atoms with E-state index < -0.39 is 0 Å². The number of nitrogens with zero attached hydrogens (tertiary/aromatic N) is 2. The topological polar surface area (TPSA) is 53.2 Å². The molecule has 1 fully saturated rings. The third-order valence-electron chi connectivity index (χ3n) is 4.60. The first-order valence-corrected chi connectivity index (χ1v) is 8.86. The van der Waals surface area contributed by atoms with Crippen LogP contribution in [-0.4, -0.2) is 42.8 Å². The largest absolute Gasteiger partial charge is 0.465 e. The van der Waals surface area contributed by atoms with E-state index >= 15 is 0 Å². The minimum atomic E-state index is 0.572. The van der Waals surface area contributed by atoms with Crippen LogP contribution in [0.1, 0.15) is 26.7 Å². The summed E-state index contributed by atoms with van der Waals surface area (Å²) in [6.07, 6.45) is 2.24. The molecule has 5 nitrogen and oxygen atoms in total. The van der Waals surface area contributed by atoms with Crippen molar-refractivity contribution in [1.29, 1.82) is 0 Å². The number of H-pyrrole nitrogens is 1. The summed E-state index contributed by atoms with van der Waals surface area (Å²) < 4.78 is 5.83. The zero-order valence-corrected chi connectivity index (χ0v) is 14.6. The van der Waals surface area contributed by atoms with Crippen LogP contribution in [0, 0.1) is 5.92 Å². The molecule has 126 valence electrons. The van der Waals surface area contributed by atoms with Gasteiger partial charge in [-0.1, -0.05) is 38.3 Å². The number of hydrogen-bond donors (Lipinski definition) is 2. The molecule has 2 aromatic rings. The summed E-state index contributed by atoms with van der Waals surface area (Å²) in [6.45, 7) is 8.99. The fourth-order valence-corrected chi connectivity index (χ4v) is 3.21. The Morgan fingerprint density at radius 3 is 2.70 bits per heavy atom. The zero-order chi connectivity index (χ0) is 16.2. The summed E-state index contributed by atoms with van der Waals surface area (Å²) in [4.78, 5) is 10.1. The van der Waals surface area contributed by atoms with E-state index in [4.69, 9.17) is 16.3 Å². The molecule has 1 saturated heterocycles. The third-order valence-corrected chi connectivity index (χ3v) is 4.90. The number of halogens is 1. The molecule has 1 aromatic carbocycles. The molecule has 0 bridgehead atoms. The van der Waals surface area contributed by atoms with E-state index in [0.717, 1.165) is 60.8 Å². The summed E-state index contributed by atoms with van der Waals surface area (Å²) in [5.41, 5.74) is 2.90. The molecule has 0 saturated carbocycles. The van der Waals surface area contributed by atoms with Gasteiger partial charge in [0, 0.05) is 26.2 Å². The van der Waals surface area contributed by atoms with Gasteiger partial charge in [-0.05, 0) is 18.1 Å². The Bertz CT molecular complexity index is 647. The normalized spacial score (nSPS) is 15.6. The van der Waals surface area contributed by atoms with E-state index in [1.807, 2.05) is 6.07 Å². The molecule has 0 unspecified atom stereocenters. The first kappa shape index (κ1) is 16.4. The molecular weight excluding hydrogens is 312 g/mol. The number of rotatable bonds is 6. The van der Waals surface area contributed by atoms with Crippen molar-refractivity contribution in [2.75, 3.05) is 37.7 Å². The van der Waals surface area contributed by atoms with E-state index in [9.17, 15) is 0 Å². The number of anilines is 1. The lowest BCUT2D eigenvalue weighted by atomic mass is 10.1. The molecule has 23 heavy (non-hydrogen) atoms. The van der Waals surface area contributed by atoms with Crippen LogP contribution in [0.4, 0.5) is 5.69 Å². The maximum atomic E-state index is 6.46. The Kier molecular flexibility index (Phi) is 5.28. The number of fused-ring (bicyclic) bond motifs is 1. The van der Waals surface area contributed by atoms with Gasteiger partial charge >= 0.3 is 0 Å². The summed E-state index contributed by atoms with van der Waals surface area (Å²) in [6, 6.07) is 4.59. The minimum Gasteiger partial charge on any atom is -0.465 e. The van der Waals surface area contributed by atoms with E-state index in [1.165, 1.54) is 0 Å². The van der Waals surface area contributed by atoms with Crippen molar-refractivity contribution < 1.29 is 4.74 Å². The van der Waals surface area contributed by atoms with Crippen LogP contribution < -0.4 is 15.0 Å². The lowest BCUT2D eigenvalue weighted by molar-refractivity contribution is 0.226. The highest BCUT2D eigenvalue weighted by Gasteiger charge is 2.16. The van der Waals surface area contributed by atoms with Crippen LogP contribution in [-0.2, 0) is 0 Å². The van der Waals surface area contributed by atoms with Crippen LogP contribution in [0.2, 0.25) is 5.02 Å². The third kappa shape index (κ3) is 3.72. The standard InChI is InChI=1S/C17H25ClN4O/c1-3-12(4-2)11-23-17-20-14-9-13(18)16(10-15(14)21-17)22-7-5-19-6-8-22/h9-10,12,19H,3-8,11H2,1-2H3,(H,20,21). The average molecular weight is 337 g/mol. The van der Waals surface area contributed by atoms with Gasteiger partial charge in [0.05, 0.1) is 28.4 Å². The lowest BCUT2D eigenvalue weighted by Gasteiger charge is -2.30. The van der Waals surface area contributed by atoms with Gasteiger partial charge in [0.25, 0.3) is 6.01 Å². The van der Waals surface area contributed by atoms with Crippen LogP contribution in [0.25, 0.3) is 11.0 Å². The Labute approximate surface area is 142 Å². The van der Waals surface area contributed by atoms with Crippen molar-refractivity contribution in [3.8, 4) is 6.01 Å². The van der Waals surface area contributed by atoms with Crippen LogP contribution >= 0.6 is 11.6 Å². The molecule has 0 atom stereocenters. The highest BCUT2D eigenvalue weighted by molar-refractivity contribution is 6.34. The van der Waals surface area contributed by atoms with Crippen molar-refractivity contribution >= 4 is 28.3 Å². The van der Waals surface area contributed by atoms with Crippen molar-refractivity contribution in [3.05, 3.63) is 17.2 Å². The van der Waals surface area contributed by atoms with Crippen molar-refractivity contribution in [1.82, 2.24) is 15.3 Å². The number of benzene rings is 1. The second kappa shape index (κ2) is 7.41.